The van der Waals surface area contributed by atoms with Gasteiger partial charge in [0.1, 0.15) is 0 Å². The molecule has 0 rings (SSSR count). The van der Waals surface area contributed by atoms with E-state index >= 15 is 0 Å². The number of carboxylic acids is 1. The van der Waals surface area contributed by atoms with Gasteiger partial charge in [-0.2, -0.15) is 0 Å². The first-order chi connectivity index (χ1) is 5.48. The largest absolute Gasteiger partial charge is 0.481 e. The maximum Gasteiger partial charge on any atom is 0.303 e. The zero-order valence-corrected chi connectivity index (χ0v) is 8.13. The van der Waals surface area contributed by atoms with Crippen molar-refractivity contribution in [3.8, 4) is 0 Å². The van der Waals surface area contributed by atoms with E-state index in [4.69, 9.17) is 5.11 Å². The molecule has 0 aliphatic rings. The van der Waals surface area contributed by atoms with Crippen molar-refractivity contribution in [2.75, 3.05) is 0 Å². The van der Waals surface area contributed by atoms with Crippen LogP contribution in [0.4, 0.5) is 0 Å². The van der Waals surface area contributed by atoms with E-state index in [-0.39, 0.29) is 11.8 Å². The van der Waals surface area contributed by atoms with Crippen LogP contribution in [0, 0.1) is 5.41 Å². The van der Waals surface area contributed by atoms with Gasteiger partial charge in [0.05, 0.1) is 0 Å². The van der Waals surface area contributed by atoms with Gasteiger partial charge < -0.3 is 5.11 Å². The molecule has 0 aliphatic carbocycles. The number of aliphatic carboxylic acids is 1. The summed E-state index contributed by atoms with van der Waals surface area (Å²) < 4.78 is 0. The van der Waals surface area contributed by atoms with Crippen LogP contribution in [0.2, 0.25) is 0 Å². The van der Waals surface area contributed by atoms with Crippen molar-refractivity contribution in [3.63, 3.8) is 0 Å². The second-order valence-electron chi connectivity index (χ2n) is 3.83. The monoisotopic (exact) mass is 170 g/mol. The Morgan fingerprint density at radius 3 is 2.50 bits per heavy atom. The summed E-state index contributed by atoms with van der Waals surface area (Å²) in [5, 5.41) is 8.48. The lowest BCUT2D eigenvalue weighted by Crippen LogP contribution is -2.12. The summed E-state index contributed by atoms with van der Waals surface area (Å²) >= 11 is 0. The quantitative estimate of drug-likeness (QED) is 0.644. The maximum absolute atomic E-state index is 10.3. The first kappa shape index (κ1) is 11.2. The molecule has 0 fully saturated rings. The Morgan fingerprint density at radius 2 is 2.08 bits per heavy atom. The number of rotatable bonds is 5. The molecule has 0 aromatic rings. The molecule has 70 valence electrons. The van der Waals surface area contributed by atoms with Crippen LogP contribution in [0.1, 0.15) is 40.0 Å². The summed E-state index contributed by atoms with van der Waals surface area (Å²) in [7, 11) is 0. The third-order valence-electron chi connectivity index (χ3n) is 1.92. The van der Waals surface area contributed by atoms with Crippen molar-refractivity contribution < 1.29 is 9.90 Å². The minimum atomic E-state index is -0.705. The molecule has 0 aromatic heterocycles. The highest BCUT2D eigenvalue weighted by molar-refractivity contribution is 5.66. The molecule has 2 nitrogen and oxygen atoms in total. The van der Waals surface area contributed by atoms with E-state index in [0.29, 0.717) is 0 Å². The second-order valence-corrected chi connectivity index (χ2v) is 3.83. The predicted octanol–water partition coefficient (Wildman–Crippen LogP) is 2.84. The molecule has 0 amide bonds. The van der Waals surface area contributed by atoms with Crippen molar-refractivity contribution >= 4 is 5.97 Å². The average Bonchev–Trinajstić information content (AvgIpc) is 1.98. The van der Waals surface area contributed by atoms with Gasteiger partial charge in [-0.05, 0) is 25.2 Å². The lowest BCUT2D eigenvalue weighted by atomic mass is 9.84. The summed E-state index contributed by atoms with van der Waals surface area (Å²) in [6, 6.07) is 0. The highest BCUT2D eigenvalue weighted by Gasteiger charge is 2.16. The summed E-state index contributed by atoms with van der Waals surface area (Å²) in [4.78, 5) is 10.3. The molecule has 0 spiro atoms. The number of hydrogen-bond acceptors (Lipinski definition) is 1. The van der Waals surface area contributed by atoms with Crippen LogP contribution in [0.15, 0.2) is 12.2 Å². The Bertz CT molecular complexity index is 169. The summed E-state index contributed by atoms with van der Waals surface area (Å²) in [5.41, 5.74) is 0.116. The third kappa shape index (κ3) is 5.96. The van der Waals surface area contributed by atoms with Crippen molar-refractivity contribution in [2.45, 2.75) is 40.0 Å². The van der Waals surface area contributed by atoms with Gasteiger partial charge in [0, 0.05) is 6.42 Å². The number of carbonyl (C=O) groups is 1. The molecule has 0 heterocycles. The molecule has 12 heavy (non-hydrogen) atoms. The number of hydrogen-bond donors (Lipinski definition) is 1. The normalized spacial score (nSPS) is 12.2. The first-order valence-corrected chi connectivity index (χ1v) is 4.31. The van der Waals surface area contributed by atoms with Gasteiger partial charge in [-0.1, -0.05) is 26.0 Å². The zero-order chi connectivity index (χ0) is 9.61. The molecule has 0 atom stereocenters. The number of carboxylic acid groups (broad SMARTS) is 1. The Morgan fingerprint density at radius 1 is 1.50 bits per heavy atom. The molecular formula is C10H18O2. The van der Waals surface area contributed by atoms with Gasteiger partial charge >= 0.3 is 5.97 Å². The van der Waals surface area contributed by atoms with Crippen LogP contribution < -0.4 is 0 Å². The van der Waals surface area contributed by atoms with Crippen LogP contribution in [0.3, 0.4) is 0 Å². The zero-order valence-electron chi connectivity index (χ0n) is 8.13. The van der Waals surface area contributed by atoms with E-state index in [2.05, 4.69) is 19.9 Å². The van der Waals surface area contributed by atoms with Crippen LogP contribution in [-0.2, 0) is 4.79 Å². The molecule has 1 N–H and O–H groups in total. The Kier molecular flexibility index (Phi) is 4.64. The lowest BCUT2D eigenvalue weighted by Gasteiger charge is -2.21. The van der Waals surface area contributed by atoms with E-state index in [1.165, 1.54) is 0 Å². The van der Waals surface area contributed by atoms with Gasteiger partial charge in [0.15, 0.2) is 0 Å². The molecule has 0 aliphatic heterocycles. The first-order valence-electron chi connectivity index (χ1n) is 4.31. The van der Waals surface area contributed by atoms with Gasteiger partial charge in [-0.25, -0.2) is 0 Å². The molecule has 0 bridgehead atoms. The summed E-state index contributed by atoms with van der Waals surface area (Å²) in [6.07, 6.45) is 6.05. The lowest BCUT2D eigenvalue weighted by molar-refractivity contribution is -0.137. The molecule has 0 saturated heterocycles. The summed E-state index contributed by atoms with van der Waals surface area (Å²) in [5.74, 6) is -0.705. The van der Waals surface area contributed by atoms with Gasteiger partial charge in [-0.3, -0.25) is 4.79 Å². The number of allylic oxidation sites excluding steroid dienone is 2. The van der Waals surface area contributed by atoms with E-state index in [1.807, 2.05) is 13.0 Å². The molecule has 0 radical (unpaired) electrons. The highest BCUT2D eigenvalue weighted by atomic mass is 16.4. The summed E-state index contributed by atoms with van der Waals surface area (Å²) in [6.45, 7) is 6.17. The smallest absolute Gasteiger partial charge is 0.303 e. The van der Waals surface area contributed by atoms with E-state index < -0.39 is 5.97 Å². The molecule has 0 unspecified atom stereocenters. The van der Waals surface area contributed by atoms with Crippen LogP contribution in [0.5, 0.6) is 0 Å². The van der Waals surface area contributed by atoms with Gasteiger partial charge in [0.25, 0.3) is 0 Å². The minimum absolute atomic E-state index is 0.116. The Labute approximate surface area is 74.3 Å². The maximum atomic E-state index is 10.3. The molecule has 2 heteroatoms. The fourth-order valence-corrected chi connectivity index (χ4v) is 0.984. The molecule has 0 aromatic carbocycles. The minimum Gasteiger partial charge on any atom is -0.481 e. The second kappa shape index (κ2) is 4.96. The Balaban J connectivity index is 3.78. The standard InChI is InChI=1S/C10H18O2/c1-4-5-7-10(2,3)8-6-9(11)12/h4-5H,6-8H2,1-3H3,(H,11,12). The SMILES string of the molecule is CC=CCC(C)(C)CCC(=O)O. The highest BCUT2D eigenvalue weighted by Crippen LogP contribution is 2.26. The fourth-order valence-electron chi connectivity index (χ4n) is 0.984. The topological polar surface area (TPSA) is 37.3 Å². The van der Waals surface area contributed by atoms with Crippen LogP contribution in [-0.4, -0.2) is 11.1 Å². The van der Waals surface area contributed by atoms with Crippen molar-refractivity contribution in [1.82, 2.24) is 0 Å². The van der Waals surface area contributed by atoms with Crippen LogP contribution in [0.25, 0.3) is 0 Å². The Hall–Kier alpha value is -0.790. The average molecular weight is 170 g/mol. The third-order valence-corrected chi connectivity index (χ3v) is 1.92. The fraction of sp³-hybridized carbons (Fsp3) is 0.700. The van der Waals surface area contributed by atoms with E-state index in [1.54, 1.807) is 0 Å². The van der Waals surface area contributed by atoms with Crippen LogP contribution >= 0.6 is 0 Å². The predicted molar refractivity (Wildman–Crippen MR) is 50.1 cm³/mol. The van der Waals surface area contributed by atoms with Crippen molar-refractivity contribution in [3.05, 3.63) is 12.2 Å². The van der Waals surface area contributed by atoms with Crippen molar-refractivity contribution in [1.29, 1.82) is 0 Å². The van der Waals surface area contributed by atoms with Gasteiger partial charge in [0.2, 0.25) is 0 Å². The molecular weight excluding hydrogens is 152 g/mol. The van der Waals surface area contributed by atoms with E-state index in [9.17, 15) is 4.79 Å². The van der Waals surface area contributed by atoms with Crippen molar-refractivity contribution in [2.24, 2.45) is 5.41 Å². The van der Waals surface area contributed by atoms with Gasteiger partial charge in [-0.15, -0.1) is 0 Å². The van der Waals surface area contributed by atoms with E-state index in [0.717, 1.165) is 12.8 Å². The molecule has 0 saturated carbocycles.